The lowest BCUT2D eigenvalue weighted by atomic mass is 9.95. The third-order valence-corrected chi connectivity index (χ3v) is 5.57. The van der Waals surface area contributed by atoms with Crippen molar-refractivity contribution in [3.05, 3.63) is 95.6 Å². The number of carbonyl (C=O) groups excluding carboxylic acids is 2. The monoisotopic (exact) mass is 459 g/mol. The van der Waals surface area contributed by atoms with E-state index in [1.54, 1.807) is 48.5 Å². The van der Waals surface area contributed by atoms with Gasteiger partial charge in [0.05, 0.1) is 25.3 Å². The van der Waals surface area contributed by atoms with Crippen molar-refractivity contribution >= 4 is 17.4 Å². The minimum atomic E-state index is -0.805. The van der Waals surface area contributed by atoms with Crippen molar-refractivity contribution in [1.82, 2.24) is 4.90 Å². The van der Waals surface area contributed by atoms with Crippen molar-refractivity contribution in [1.29, 1.82) is 0 Å². The molecule has 0 aromatic heterocycles. The number of Topliss-reactive ketones (excluding diaryl/α,β-unsaturated/α-hetero) is 1. The number of hydrogen-bond acceptors (Lipinski definition) is 6. The first-order valence-electron chi connectivity index (χ1n) is 10.8. The van der Waals surface area contributed by atoms with Crippen LogP contribution in [-0.2, 0) is 14.3 Å². The third kappa shape index (κ3) is 4.65. The lowest BCUT2D eigenvalue weighted by molar-refractivity contribution is -0.140. The van der Waals surface area contributed by atoms with Gasteiger partial charge in [0, 0.05) is 19.2 Å². The number of amides is 1. The van der Waals surface area contributed by atoms with E-state index in [4.69, 9.17) is 14.2 Å². The maximum atomic E-state index is 13.1. The molecule has 1 atom stereocenters. The van der Waals surface area contributed by atoms with Gasteiger partial charge in [-0.25, -0.2) is 0 Å². The van der Waals surface area contributed by atoms with Crippen molar-refractivity contribution in [2.24, 2.45) is 0 Å². The first kappa shape index (κ1) is 23.1. The largest absolute Gasteiger partial charge is 0.507 e. The number of ether oxygens (including phenoxy) is 3. The van der Waals surface area contributed by atoms with Crippen LogP contribution < -0.4 is 9.47 Å². The van der Waals surface area contributed by atoms with Gasteiger partial charge in [-0.15, -0.1) is 0 Å². The van der Waals surface area contributed by atoms with Gasteiger partial charge in [-0.05, 0) is 42.0 Å². The van der Waals surface area contributed by atoms with Gasteiger partial charge < -0.3 is 24.2 Å². The van der Waals surface area contributed by atoms with E-state index in [1.807, 2.05) is 30.3 Å². The van der Waals surface area contributed by atoms with E-state index in [-0.39, 0.29) is 24.5 Å². The summed E-state index contributed by atoms with van der Waals surface area (Å²) in [6.45, 7) is 0.424. The molecule has 4 rings (SSSR count). The minimum Gasteiger partial charge on any atom is -0.507 e. The van der Waals surface area contributed by atoms with Crippen LogP contribution in [0, 0.1) is 0 Å². The third-order valence-electron chi connectivity index (χ3n) is 5.57. The van der Waals surface area contributed by atoms with Crippen LogP contribution in [0.3, 0.4) is 0 Å². The molecule has 0 aliphatic carbocycles. The number of aliphatic hydroxyl groups excluding tert-OH is 1. The van der Waals surface area contributed by atoms with Gasteiger partial charge in [0.15, 0.2) is 0 Å². The standard InChI is InChI=1S/C27H25NO6/c1-32-15-14-28-24(18-8-6-13-22(16-18)34-20-10-4-3-5-11-20)23(26(30)27(28)31)25(29)19-9-7-12-21(17-19)33-2/h3-13,16-17,24,29H,14-15H2,1-2H3/b25-23+. The zero-order valence-corrected chi connectivity index (χ0v) is 18.9. The van der Waals surface area contributed by atoms with Gasteiger partial charge >= 0.3 is 0 Å². The Morgan fingerprint density at radius 1 is 0.882 bits per heavy atom. The number of benzene rings is 3. The van der Waals surface area contributed by atoms with Crippen LogP contribution in [0.25, 0.3) is 5.76 Å². The maximum Gasteiger partial charge on any atom is 0.295 e. The molecular weight excluding hydrogens is 434 g/mol. The normalized spacial score (nSPS) is 17.1. The molecule has 1 saturated heterocycles. The molecule has 0 spiro atoms. The molecule has 34 heavy (non-hydrogen) atoms. The molecule has 1 heterocycles. The molecule has 3 aromatic rings. The summed E-state index contributed by atoms with van der Waals surface area (Å²) in [5, 5.41) is 11.2. The van der Waals surface area contributed by atoms with E-state index in [2.05, 4.69) is 0 Å². The molecule has 1 N–H and O–H groups in total. The van der Waals surface area contributed by atoms with Crippen molar-refractivity contribution in [3.8, 4) is 17.2 Å². The summed E-state index contributed by atoms with van der Waals surface area (Å²) in [6.07, 6.45) is 0. The number of likely N-dealkylation sites (tertiary alicyclic amines) is 1. The highest BCUT2D eigenvalue weighted by molar-refractivity contribution is 6.46. The van der Waals surface area contributed by atoms with Crippen LogP contribution in [0.1, 0.15) is 17.2 Å². The summed E-state index contributed by atoms with van der Waals surface area (Å²) in [4.78, 5) is 27.5. The Kier molecular flexibility index (Phi) is 6.94. The molecule has 0 radical (unpaired) electrons. The predicted octanol–water partition coefficient (Wildman–Crippen LogP) is 4.56. The Bertz CT molecular complexity index is 1220. The quantitative estimate of drug-likeness (QED) is 0.302. The van der Waals surface area contributed by atoms with Crippen molar-refractivity contribution in [2.45, 2.75) is 6.04 Å². The molecule has 1 aliphatic rings. The second-order valence-electron chi connectivity index (χ2n) is 7.70. The van der Waals surface area contributed by atoms with E-state index >= 15 is 0 Å². The smallest absolute Gasteiger partial charge is 0.295 e. The molecular formula is C27H25NO6. The van der Waals surface area contributed by atoms with E-state index in [1.165, 1.54) is 19.1 Å². The molecule has 1 aliphatic heterocycles. The Morgan fingerprint density at radius 2 is 1.59 bits per heavy atom. The maximum absolute atomic E-state index is 13.1. The number of ketones is 1. The highest BCUT2D eigenvalue weighted by Crippen LogP contribution is 2.40. The highest BCUT2D eigenvalue weighted by Gasteiger charge is 2.46. The molecule has 1 amide bonds. The van der Waals surface area contributed by atoms with Crippen LogP contribution in [0.5, 0.6) is 17.2 Å². The van der Waals surface area contributed by atoms with E-state index in [0.29, 0.717) is 28.4 Å². The fraction of sp³-hybridized carbons (Fsp3) is 0.185. The fourth-order valence-corrected chi connectivity index (χ4v) is 3.95. The molecule has 174 valence electrons. The Balaban J connectivity index is 1.80. The second-order valence-corrected chi connectivity index (χ2v) is 7.70. The first-order chi connectivity index (χ1) is 16.5. The molecule has 3 aromatic carbocycles. The predicted molar refractivity (Wildman–Crippen MR) is 127 cm³/mol. The van der Waals surface area contributed by atoms with Gasteiger partial charge in [-0.1, -0.05) is 42.5 Å². The first-order valence-corrected chi connectivity index (χ1v) is 10.8. The Morgan fingerprint density at radius 3 is 2.32 bits per heavy atom. The van der Waals surface area contributed by atoms with E-state index in [9.17, 15) is 14.7 Å². The van der Waals surface area contributed by atoms with Gasteiger partial charge in [0.2, 0.25) is 0 Å². The minimum absolute atomic E-state index is 0.00576. The van der Waals surface area contributed by atoms with E-state index < -0.39 is 17.7 Å². The van der Waals surface area contributed by atoms with Crippen LogP contribution in [0.4, 0.5) is 0 Å². The number of hydrogen-bond donors (Lipinski definition) is 1. The SMILES string of the molecule is COCCN1C(=O)C(=O)/C(=C(/O)c2cccc(OC)c2)C1c1cccc(Oc2ccccc2)c1. The molecule has 7 nitrogen and oxygen atoms in total. The van der Waals surface area contributed by atoms with Crippen molar-refractivity contribution in [2.75, 3.05) is 27.4 Å². The number of carbonyl (C=O) groups is 2. The van der Waals surface area contributed by atoms with Gasteiger partial charge in [-0.2, -0.15) is 0 Å². The molecule has 1 unspecified atom stereocenters. The summed E-state index contributed by atoms with van der Waals surface area (Å²) in [5.41, 5.74) is 1.02. The lowest BCUT2D eigenvalue weighted by Crippen LogP contribution is -2.32. The number of methoxy groups -OCH3 is 2. The summed E-state index contributed by atoms with van der Waals surface area (Å²) in [7, 11) is 3.04. The van der Waals surface area contributed by atoms with Crippen LogP contribution in [-0.4, -0.2) is 49.1 Å². The highest BCUT2D eigenvalue weighted by atomic mass is 16.5. The Hall–Kier alpha value is -4.10. The average molecular weight is 459 g/mol. The summed E-state index contributed by atoms with van der Waals surface area (Å²) in [5.74, 6) is 0.00700. The summed E-state index contributed by atoms with van der Waals surface area (Å²) < 4.78 is 16.4. The van der Waals surface area contributed by atoms with Crippen molar-refractivity contribution in [3.63, 3.8) is 0 Å². The van der Waals surface area contributed by atoms with Crippen LogP contribution >= 0.6 is 0 Å². The zero-order chi connectivity index (χ0) is 24.1. The van der Waals surface area contributed by atoms with Crippen LogP contribution in [0.2, 0.25) is 0 Å². The van der Waals surface area contributed by atoms with Gasteiger partial charge in [0.25, 0.3) is 11.7 Å². The van der Waals surface area contributed by atoms with Crippen LogP contribution in [0.15, 0.2) is 84.4 Å². The number of nitrogens with zero attached hydrogens (tertiary/aromatic N) is 1. The molecule has 1 fully saturated rings. The second kappa shape index (κ2) is 10.2. The Labute approximate surface area is 197 Å². The van der Waals surface area contributed by atoms with E-state index in [0.717, 1.165) is 0 Å². The van der Waals surface area contributed by atoms with Gasteiger partial charge in [0.1, 0.15) is 23.0 Å². The fourth-order valence-electron chi connectivity index (χ4n) is 3.95. The lowest BCUT2D eigenvalue weighted by Gasteiger charge is -2.25. The number of aliphatic hydroxyl groups is 1. The molecule has 0 saturated carbocycles. The van der Waals surface area contributed by atoms with Gasteiger partial charge in [-0.3, -0.25) is 9.59 Å². The average Bonchev–Trinajstić information content (AvgIpc) is 3.12. The molecule has 0 bridgehead atoms. The summed E-state index contributed by atoms with van der Waals surface area (Å²) in [6, 6.07) is 22.3. The topological polar surface area (TPSA) is 85.3 Å². The summed E-state index contributed by atoms with van der Waals surface area (Å²) >= 11 is 0. The van der Waals surface area contributed by atoms with Crippen molar-refractivity contribution < 1.29 is 28.9 Å². The molecule has 7 heteroatoms. The number of rotatable bonds is 8. The zero-order valence-electron chi connectivity index (χ0n) is 18.9. The number of para-hydroxylation sites is 1.